The fourth-order valence-corrected chi connectivity index (χ4v) is 0.632. The van der Waals surface area contributed by atoms with Crippen LogP contribution in [0.4, 0.5) is 0 Å². The van der Waals surface area contributed by atoms with Gasteiger partial charge in [0.15, 0.2) is 0 Å². The van der Waals surface area contributed by atoms with Crippen LogP contribution >= 0.6 is 0 Å². The third-order valence-electron chi connectivity index (χ3n) is 1.20. The third-order valence-corrected chi connectivity index (χ3v) is 1.20. The summed E-state index contributed by atoms with van der Waals surface area (Å²) in [5.74, 6) is 5.96. The summed E-state index contributed by atoms with van der Waals surface area (Å²) in [5, 5.41) is 0. The van der Waals surface area contributed by atoms with Gasteiger partial charge in [-0.05, 0) is 6.42 Å². The Hall–Kier alpha value is -0.610. The maximum absolute atomic E-state index is 5.14. The molecule has 0 saturated heterocycles. The summed E-state index contributed by atoms with van der Waals surface area (Å²) < 4.78 is 4.86. The van der Waals surface area contributed by atoms with Crippen LogP contribution in [-0.2, 0) is 4.74 Å². The molecular weight excluding hydrogens is 130 g/mol. The Morgan fingerprint density at radius 1 is 1.70 bits per heavy atom. The van der Waals surface area contributed by atoms with Gasteiger partial charge < -0.3 is 10.2 Å². The highest BCUT2D eigenvalue weighted by molar-refractivity contribution is 5.81. The predicted octanol–water partition coefficient (Wildman–Crippen LogP) is -0.0954. The molecule has 0 heterocycles. The standard InChI is InChI=1S/C6H15N3O/c1-8-6(9-7)4-3-5-10-2/h3-5,7H2,1-2H3,(H,8,9). The highest BCUT2D eigenvalue weighted by atomic mass is 16.5. The number of hydrogen-bond donors (Lipinski definition) is 2. The molecule has 0 aromatic rings. The number of hydrogen-bond acceptors (Lipinski definition) is 3. The average Bonchev–Trinajstić information content (AvgIpc) is 1.99. The summed E-state index contributed by atoms with van der Waals surface area (Å²) >= 11 is 0. The van der Waals surface area contributed by atoms with E-state index in [2.05, 4.69) is 10.4 Å². The third kappa shape index (κ3) is 4.29. The number of rotatable bonds is 4. The van der Waals surface area contributed by atoms with Crippen LogP contribution in [0, 0.1) is 0 Å². The summed E-state index contributed by atoms with van der Waals surface area (Å²) in [7, 11) is 3.39. The van der Waals surface area contributed by atoms with Gasteiger partial charge in [0.05, 0.1) is 0 Å². The molecule has 60 valence electrons. The Kier molecular flexibility index (Phi) is 6.11. The van der Waals surface area contributed by atoms with Crippen LogP contribution in [0.2, 0.25) is 0 Å². The molecule has 0 aromatic heterocycles. The van der Waals surface area contributed by atoms with E-state index < -0.39 is 0 Å². The lowest BCUT2D eigenvalue weighted by Gasteiger charge is -2.02. The van der Waals surface area contributed by atoms with Crippen molar-refractivity contribution in [2.75, 3.05) is 20.8 Å². The molecule has 0 atom stereocenters. The molecule has 0 fully saturated rings. The fraction of sp³-hybridized carbons (Fsp3) is 0.833. The zero-order valence-corrected chi connectivity index (χ0v) is 6.55. The molecular formula is C6H15N3O. The van der Waals surface area contributed by atoms with Crippen molar-refractivity contribution in [2.45, 2.75) is 12.8 Å². The number of hydrazine groups is 1. The fourth-order valence-electron chi connectivity index (χ4n) is 0.632. The maximum atomic E-state index is 5.14. The SMILES string of the molecule is CN=C(CCCOC)NN. The first-order valence-corrected chi connectivity index (χ1v) is 3.26. The molecule has 4 nitrogen and oxygen atoms in total. The lowest BCUT2D eigenvalue weighted by molar-refractivity contribution is 0.196. The number of nitrogens with zero attached hydrogens (tertiary/aromatic N) is 1. The summed E-state index contributed by atoms with van der Waals surface area (Å²) in [6, 6.07) is 0. The number of methoxy groups -OCH3 is 1. The van der Waals surface area contributed by atoms with E-state index in [0.717, 1.165) is 25.3 Å². The van der Waals surface area contributed by atoms with Crippen molar-refractivity contribution in [3.8, 4) is 0 Å². The van der Waals surface area contributed by atoms with Crippen molar-refractivity contribution in [1.82, 2.24) is 5.43 Å². The second-order valence-electron chi connectivity index (χ2n) is 1.91. The first kappa shape index (κ1) is 9.39. The number of ether oxygens (including phenoxy) is 1. The van der Waals surface area contributed by atoms with Crippen molar-refractivity contribution in [1.29, 1.82) is 0 Å². The van der Waals surface area contributed by atoms with Gasteiger partial charge in [-0.15, -0.1) is 0 Å². The summed E-state index contributed by atoms with van der Waals surface area (Å²) in [6.45, 7) is 0.751. The van der Waals surface area contributed by atoms with Crippen molar-refractivity contribution in [3.63, 3.8) is 0 Å². The number of nitrogens with two attached hydrogens (primary N) is 1. The van der Waals surface area contributed by atoms with Gasteiger partial charge in [0.2, 0.25) is 0 Å². The van der Waals surface area contributed by atoms with Crippen LogP contribution in [-0.4, -0.2) is 26.6 Å². The first-order valence-electron chi connectivity index (χ1n) is 3.26. The second kappa shape index (κ2) is 6.51. The van der Waals surface area contributed by atoms with E-state index in [-0.39, 0.29) is 0 Å². The molecule has 4 heteroatoms. The Bertz CT molecular complexity index is 103. The Morgan fingerprint density at radius 2 is 2.40 bits per heavy atom. The van der Waals surface area contributed by atoms with Gasteiger partial charge >= 0.3 is 0 Å². The van der Waals surface area contributed by atoms with Crippen molar-refractivity contribution >= 4 is 5.84 Å². The van der Waals surface area contributed by atoms with Crippen molar-refractivity contribution in [3.05, 3.63) is 0 Å². The molecule has 0 amide bonds. The number of amidine groups is 1. The van der Waals surface area contributed by atoms with Crippen LogP contribution in [0.1, 0.15) is 12.8 Å². The number of nitrogens with one attached hydrogen (secondary N) is 1. The van der Waals surface area contributed by atoms with E-state index >= 15 is 0 Å². The molecule has 0 spiro atoms. The molecule has 0 unspecified atom stereocenters. The number of aliphatic imine (C=N–C) groups is 1. The average molecular weight is 145 g/mol. The molecule has 0 rings (SSSR count). The molecule has 0 aromatic carbocycles. The molecule has 3 N–H and O–H groups in total. The maximum Gasteiger partial charge on any atom is 0.110 e. The van der Waals surface area contributed by atoms with Gasteiger partial charge in [-0.3, -0.25) is 4.99 Å². The molecule has 0 aliphatic carbocycles. The molecule has 0 radical (unpaired) electrons. The van der Waals surface area contributed by atoms with Gasteiger partial charge in [-0.25, -0.2) is 5.84 Å². The Labute approximate surface area is 61.4 Å². The second-order valence-corrected chi connectivity index (χ2v) is 1.91. The summed E-state index contributed by atoms with van der Waals surface area (Å²) in [6.07, 6.45) is 1.80. The van der Waals surface area contributed by atoms with Crippen LogP contribution in [0.3, 0.4) is 0 Å². The van der Waals surface area contributed by atoms with E-state index in [0.29, 0.717) is 0 Å². The lowest BCUT2D eigenvalue weighted by Crippen LogP contribution is -2.30. The highest BCUT2D eigenvalue weighted by Gasteiger charge is 1.92. The van der Waals surface area contributed by atoms with E-state index in [1.165, 1.54) is 0 Å². The zero-order chi connectivity index (χ0) is 7.82. The van der Waals surface area contributed by atoms with Gasteiger partial charge in [0.1, 0.15) is 5.84 Å². The minimum absolute atomic E-state index is 0.751. The van der Waals surface area contributed by atoms with Crippen molar-refractivity contribution < 1.29 is 4.74 Å². The van der Waals surface area contributed by atoms with Crippen LogP contribution < -0.4 is 11.3 Å². The predicted molar refractivity (Wildman–Crippen MR) is 41.8 cm³/mol. The minimum atomic E-state index is 0.751. The van der Waals surface area contributed by atoms with Crippen LogP contribution in [0.15, 0.2) is 4.99 Å². The van der Waals surface area contributed by atoms with E-state index in [9.17, 15) is 0 Å². The molecule has 0 bridgehead atoms. The van der Waals surface area contributed by atoms with E-state index in [1.54, 1.807) is 14.2 Å². The first-order chi connectivity index (χ1) is 4.85. The smallest absolute Gasteiger partial charge is 0.110 e. The molecule has 0 aliphatic rings. The summed E-state index contributed by atoms with van der Waals surface area (Å²) in [4.78, 5) is 3.90. The molecule has 0 saturated carbocycles. The van der Waals surface area contributed by atoms with Gasteiger partial charge in [-0.1, -0.05) is 0 Å². The van der Waals surface area contributed by atoms with Crippen molar-refractivity contribution in [2.24, 2.45) is 10.8 Å². The normalized spacial score (nSPS) is 11.7. The quantitative estimate of drug-likeness (QED) is 0.191. The van der Waals surface area contributed by atoms with Crippen LogP contribution in [0.5, 0.6) is 0 Å². The highest BCUT2D eigenvalue weighted by Crippen LogP contribution is 1.89. The molecule has 10 heavy (non-hydrogen) atoms. The Balaban J connectivity index is 3.27. The summed E-state index contributed by atoms with van der Waals surface area (Å²) in [5.41, 5.74) is 2.51. The largest absolute Gasteiger partial charge is 0.385 e. The Morgan fingerprint density at radius 3 is 2.80 bits per heavy atom. The monoisotopic (exact) mass is 145 g/mol. The lowest BCUT2D eigenvalue weighted by atomic mass is 10.3. The van der Waals surface area contributed by atoms with Crippen LogP contribution in [0.25, 0.3) is 0 Å². The van der Waals surface area contributed by atoms with Gasteiger partial charge in [-0.2, -0.15) is 0 Å². The van der Waals surface area contributed by atoms with Gasteiger partial charge in [0, 0.05) is 27.2 Å². The topological polar surface area (TPSA) is 59.6 Å². The van der Waals surface area contributed by atoms with E-state index in [1.807, 2.05) is 0 Å². The minimum Gasteiger partial charge on any atom is -0.385 e. The zero-order valence-electron chi connectivity index (χ0n) is 6.55. The molecule has 0 aliphatic heterocycles. The van der Waals surface area contributed by atoms with Gasteiger partial charge in [0.25, 0.3) is 0 Å². The van der Waals surface area contributed by atoms with E-state index in [4.69, 9.17) is 10.6 Å².